The number of nitrogens with one attached hydrogen (secondary N) is 3. The van der Waals surface area contributed by atoms with Gasteiger partial charge in [-0.25, -0.2) is 8.42 Å². The van der Waals surface area contributed by atoms with Gasteiger partial charge in [0.15, 0.2) is 0 Å². The normalized spacial score (nSPS) is 11.6. The highest BCUT2D eigenvalue weighted by molar-refractivity contribution is 7.94. The fourth-order valence-corrected chi connectivity index (χ4v) is 4.52. The zero-order chi connectivity index (χ0) is 22.6. The van der Waals surface area contributed by atoms with E-state index >= 15 is 0 Å². The molecule has 0 fully saturated rings. The topological polar surface area (TPSA) is 104 Å². The molecule has 0 unspecified atom stereocenters. The number of carbonyl (C=O) groups is 2. The van der Waals surface area contributed by atoms with Gasteiger partial charge in [0.05, 0.1) is 0 Å². The van der Waals surface area contributed by atoms with Crippen molar-refractivity contribution >= 4 is 50.2 Å². The van der Waals surface area contributed by atoms with Crippen molar-refractivity contribution < 1.29 is 18.0 Å². The third kappa shape index (κ3) is 5.93. The molecule has 1 aromatic heterocycles. The first-order valence-corrected chi connectivity index (χ1v) is 11.8. The van der Waals surface area contributed by atoms with Crippen molar-refractivity contribution in [2.75, 3.05) is 15.4 Å². The molecule has 0 saturated carbocycles. The van der Waals surface area contributed by atoms with E-state index < -0.39 is 15.4 Å². The Bertz CT molecular complexity index is 1160. The van der Waals surface area contributed by atoms with Gasteiger partial charge in [0.2, 0.25) is 5.91 Å². The van der Waals surface area contributed by atoms with E-state index in [0.717, 1.165) is 11.3 Å². The van der Waals surface area contributed by atoms with Gasteiger partial charge in [-0.3, -0.25) is 14.3 Å². The maximum absolute atomic E-state index is 12.5. The van der Waals surface area contributed by atoms with Gasteiger partial charge < -0.3 is 10.6 Å². The maximum Gasteiger partial charge on any atom is 0.271 e. The Labute approximate surface area is 185 Å². The minimum atomic E-state index is -3.64. The molecule has 0 aliphatic rings. The highest BCUT2D eigenvalue weighted by atomic mass is 32.2. The Kier molecular flexibility index (Phi) is 6.47. The molecule has 2 aromatic carbocycles. The van der Waals surface area contributed by atoms with Crippen LogP contribution in [0.15, 0.2) is 70.3 Å². The summed E-state index contributed by atoms with van der Waals surface area (Å²) in [4.78, 5) is 24.5. The van der Waals surface area contributed by atoms with Crippen molar-refractivity contribution in [2.24, 2.45) is 5.41 Å². The Balaban J connectivity index is 1.61. The third-order valence-corrected chi connectivity index (χ3v) is 7.02. The summed E-state index contributed by atoms with van der Waals surface area (Å²) in [6.45, 7) is 5.49. The lowest BCUT2D eigenvalue weighted by Gasteiger charge is -2.17. The second kappa shape index (κ2) is 8.91. The predicted octanol–water partition coefficient (Wildman–Crippen LogP) is 4.79. The lowest BCUT2D eigenvalue weighted by atomic mass is 9.95. The van der Waals surface area contributed by atoms with Crippen molar-refractivity contribution in [3.8, 4) is 0 Å². The van der Waals surface area contributed by atoms with Crippen LogP contribution in [-0.2, 0) is 14.8 Å². The van der Waals surface area contributed by atoms with E-state index in [2.05, 4.69) is 15.4 Å². The standard InChI is InChI=1S/C22H23N3O4S2/c1-22(2,3)21(27)24-17-12-10-16(11-13-17)23-20(26)15-6-8-18(9-7-15)25-31(28,29)19-5-4-14-30-19/h4-14,25H,1-3H3,(H,23,26)(H,24,27). The number of hydrogen-bond donors (Lipinski definition) is 3. The highest BCUT2D eigenvalue weighted by Crippen LogP contribution is 2.22. The predicted molar refractivity (Wildman–Crippen MR) is 124 cm³/mol. The average Bonchev–Trinajstić information content (AvgIpc) is 3.25. The summed E-state index contributed by atoms with van der Waals surface area (Å²) in [5, 5.41) is 7.28. The molecule has 9 heteroatoms. The zero-order valence-corrected chi connectivity index (χ0v) is 18.9. The van der Waals surface area contributed by atoms with Crippen LogP contribution >= 0.6 is 11.3 Å². The van der Waals surface area contributed by atoms with E-state index in [1.165, 1.54) is 18.2 Å². The van der Waals surface area contributed by atoms with Crippen molar-refractivity contribution in [2.45, 2.75) is 25.0 Å². The molecule has 7 nitrogen and oxygen atoms in total. The molecule has 3 rings (SSSR count). The Hall–Kier alpha value is -3.17. The summed E-state index contributed by atoms with van der Waals surface area (Å²) in [6.07, 6.45) is 0. The number of carbonyl (C=O) groups excluding carboxylic acids is 2. The quantitative estimate of drug-likeness (QED) is 0.495. The van der Waals surface area contributed by atoms with Gasteiger partial charge in [-0.2, -0.15) is 0 Å². The molecule has 31 heavy (non-hydrogen) atoms. The molecular formula is C22H23N3O4S2. The van der Waals surface area contributed by atoms with Gasteiger partial charge in [0.25, 0.3) is 15.9 Å². The molecule has 2 amide bonds. The van der Waals surface area contributed by atoms with E-state index in [1.807, 2.05) is 20.8 Å². The van der Waals surface area contributed by atoms with Crippen LogP contribution in [0.25, 0.3) is 0 Å². The van der Waals surface area contributed by atoms with Gasteiger partial charge in [-0.1, -0.05) is 26.8 Å². The number of hydrogen-bond acceptors (Lipinski definition) is 5. The van der Waals surface area contributed by atoms with Crippen molar-refractivity contribution in [3.05, 3.63) is 71.6 Å². The molecule has 0 spiro atoms. The van der Waals surface area contributed by atoms with Crippen LogP contribution in [0.1, 0.15) is 31.1 Å². The summed E-state index contributed by atoms with van der Waals surface area (Å²) in [6, 6.07) is 16.1. The number of anilines is 3. The van der Waals surface area contributed by atoms with Gasteiger partial charge in [-0.05, 0) is 60.0 Å². The largest absolute Gasteiger partial charge is 0.326 e. The summed E-state index contributed by atoms with van der Waals surface area (Å²) >= 11 is 1.13. The maximum atomic E-state index is 12.5. The van der Waals surface area contributed by atoms with Crippen molar-refractivity contribution in [1.29, 1.82) is 0 Å². The second-order valence-electron chi connectivity index (χ2n) is 7.85. The Morgan fingerprint density at radius 1 is 0.806 bits per heavy atom. The molecule has 0 saturated heterocycles. The number of benzene rings is 2. The van der Waals surface area contributed by atoms with Crippen LogP contribution in [0.3, 0.4) is 0 Å². The Morgan fingerprint density at radius 3 is 1.87 bits per heavy atom. The summed E-state index contributed by atoms with van der Waals surface area (Å²) in [5.74, 6) is -0.432. The molecule has 162 valence electrons. The molecule has 3 N–H and O–H groups in total. The van der Waals surface area contributed by atoms with Crippen LogP contribution in [0.4, 0.5) is 17.1 Å². The van der Waals surface area contributed by atoms with Gasteiger partial charge >= 0.3 is 0 Å². The van der Waals surface area contributed by atoms with Gasteiger partial charge in [0, 0.05) is 28.0 Å². The van der Waals surface area contributed by atoms with E-state index in [-0.39, 0.29) is 16.0 Å². The van der Waals surface area contributed by atoms with E-state index in [0.29, 0.717) is 22.6 Å². The monoisotopic (exact) mass is 457 g/mol. The lowest BCUT2D eigenvalue weighted by molar-refractivity contribution is -0.123. The molecule has 0 radical (unpaired) electrons. The van der Waals surface area contributed by atoms with Crippen molar-refractivity contribution in [3.63, 3.8) is 0 Å². The molecular weight excluding hydrogens is 434 g/mol. The van der Waals surface area contributed by atoms with Crippen LogP contribution in [-0.4, -0.2) is 20.2 Å². The molecule has 3 aromatic rings. The lowest BCUT2D eigenvalue weighted by Crippen LogP contribution is -2.27. The second-order valence-corrected chi connectivity index (χ2v) is 10.7. The van der Waals surface area contributed by atoms with Crippen LogP contribution in [0.5, 0.6) is 0 Å². The molecule has 0 atom stereocenters. The smallest absolute Gasteiger partial charge is 0.271 e. The van der Waals surface area contributed by atoms with E-state index in [9.17, 15) is 18.0 Å². The van der Waals surface area contributed by atoms with E-state index in [1.54, 1.807) is 47.8 Å². The van der Waals surface area contributed by atoms with Crippen LogP contribution in [0, 0.1) is 5.41 Å². The summed E-state index contributed by atoms with van der Waals surface area (Å²) in [5.41, 5.74) is 1.45. The highest BCUT2D eigenvalue weighted by Gasteiger charge is 2.21. The molecule has 1 heterocycles. The molecule has 0 bridgehead atoms. The fraction of sp³-hybridized carbons (Fsp3) is 0.182. The fourth-order valence-electron chi connectivity index (χ4n) is 2.47. The first-order chi connectivity index (χ1) is 14.5. The molecule has 0 aliphatic carbocycles. The Morgan fingerprint density at radius 2 is 1.35 bits per heavy atom. The average molecular weight is 458 g/mol. The number of sulfonamides is 1. The first kappa shape index (κ1) is 22.5. The third-order valence-electron chi connectivity index (χ3n) is 4.24. The number of thiophene rings is 1. The SMILES string of the molecule is CC(C)(C)C(=O)Nc1ccc(NC(=O)c2ccc(NS(=O)(=O)c3cccs3)cc2)cc1. The minimum absolute atomic E-state index is 0.0981. The zero-order valence-electron chi connectivity index (χ0n) is 17.3. The van der Waals surface area contributed by atoms with Crippen molar-refractivity contribution in [1.82, 2.24) is 0 Å². The van der Waals surface area contributed by atoms with E-state index in [4.69, 9.17) is 0 Å². The minimum Gasteiger partial charge on any atom is -0.326 e. The number of amides is 2. The van der Waals surface area contributed by atoms with Gasteiger partial charge in [0.1, 0.15) is 4.21 Å². The number of rotatable bonds is 6. The first-order valence-electron chi connectivity index (χ1n) is 9.44. The van der Waals surface area contributed by atoms with Crippen LogP contribution in [0.2, 0.25) is 0 Å². The van der Waals surface area contributed by atoms with Crippen LogP contribution < -0.4 is 15.4 Å². The molecule has 0 aliphatic heterocycles. The summed E-state index contributed by atoms with van der Waals surface area (Å²) < 4.78 is 27.2. The summed E-state index contributed by atoms with van der Waals surface area (Å²) in [7, 11) is -3.64. The van der Waals surface area contributed by atoms with Gasteiger partial charge in [-0.15, -0.1) is 11.3 Å².